The molecule has 11 nitrogen and oxygen atoms in total. The average molecular weight is 412 g/mol. The van der Waals surface area contributed by atoms with Gasteiger partial charge in [-0.1, -0.05) is 0 Å². The fourth-order valence-corrected chi connectivity index (χ4v) is 3.88. The summed E-state index contributed by atoms with van der Waals surface area (Å²) >= 11 is 0. The SMILES string of the molecule is Cn1cnc2c1c(=O)n(CC(=O)N1CCN(CCS(C)(=O)=O)CC1)c(=O)n2C. The van der Waals surface area contributed by atoms with Crippen LogP contribution in [-0.4, -0.2) is 87.5 Å². The monoisotopic (exact) mass is 412 g/mol. The zero-order valence-corrected chi connectivity index (χ0v) is 17.0. The average Bonchev–Trinajstić information content (AvgIpc) is 3.03. The molecule has 0 bridgehead atoms. The molecular weight excluding hydrogens is 388 g/mol. The molecule has 1 saturated heterocycles. The summed E-state index contributed by atoms with van der Waals surface area (Å²) in [5, 5.41) is 0. The summed E-state index contributed by atoms with van der Waals surface area (Å²) < 4.78 is 26.3. The first-order valence-corrected chi connectivity index (χ1v) is 10.9. The quantitative estimate of drug-likeness (QED) is 0.538. The van der Waals surface area contributed by atoms with Crippen LogP contribution in [0.25, 0.3) is 11.2 Å². The summed E-state index contributed by atoms with van der Waals surface area (Å²) in [6.45, 7) is 2.04. The second-order valence-electron chi connectivity index (χ2n) is 7.11. The van der Waals surface area contributed by atoms with Gasteiger partial charge in [0.15, 0.2) is 11.2 Å². The molecule has 28 heavy (non-hydrogen) atoms. The molecule has 1 fully saturated rings. The van der Waals surface area contributed by atoms with Gasteiger partial charge >= 0.3 is 5.69 Å². The molecular formula is C16H24N6O5S. The molecule has 2 aromatic heterocycles. The van der Waals surface area contributed by atoms with Crippen LogP contribution in [0.2, 0.25) is 0 Å². The van der Waals surface area contributed by atoms with E-state index in [-0.39, 0.29) is 29.4 Å². The number of carbonyl (C=O) groups is 1. The molecule has 154 valence electrons. The molecule has 0 aromatic carbocycles. The van der Waals surface area contributed by atoms with E-state index in [2.05, 4.69) is 4.98 Å². The van der Waals surface area contributed by atoms with E-state index in [9.17, 15) is 22.8 Å². The molecule has 0 atom stereocenters. The molecule has 0 aliphatic carbocycles. The number of carbonyl (C=O) groups excluding carboxylic acids is 1. The van der Waals surface area contributed by atoms with Crippen molar-refractivity contribution in [1.29, 1.82) is 0 Å². The maximum Gasteiger partial charge on any atom is 0.332 e. The normalized spacial score (nSPS) is 16.0. The predicted molar refractivity (Wildman–Crippen MR) is 103 cm³/mol. The molecule has 1 aliphatic rings. The first kappa shape index (κ1) is 20.3. The van der Waals surface area contributed by atoms with E-state index in [1.165, 1.54) is 28.8 Å². The zero-order valence-electron chi connectivity index (χ0n) is 16.2. The molecule has 2 aromatic rings. The van der Waals surface area contributed by atoms with E-state index in [0.29, 0.717) is 32.7 Å². The van der Waals surface area contributed by atoms with Crippen molar-refractivity contribution >= 4 is 26.9 Å². The maximum atomic E-state index is 12.7. The van der Waals surface area contributed by atoms with Crippen molar-refractivity contribution < 1.29 is 13.2 Å². The van der Waals surface area contributed by atoms with Gasteiger partial charge in [-0.25, -0.2) is 22.8 Å². The van der Waals surface area contributed by atoms with E-state index < -0.39 is 21.1 Å². The largest absolute Gasteiger partial charge is 0.339 e. The summed E-state index contributed by atoms with van der Waals surface area (Å²) in [6, 6.07) is 0. The smallest absolute Gasteiger partial charge is 0.332 e. The van der Waals surface area contributed by atoms with Crippen molar-refractivity contribution in [3.63, 3.8) is 0 Å². The van der Waals surface area contributed by atoms with Gasteiger partial charge in [-0.2, -0.15) is 0 Å². The first-order chi connectivity index (χ1) is 13.1. The molecule has 12 heteroatoms. The van der Waals surface area contributed by atoms with E-state index >= 15 is 0 Å². The van der Waals surface area contributed by atoms with Crippen molar-refractivity contribution in [1.82, 2.24) is 28.5 Å². The Morgan fingerprint density at radius 3 is 2.39 bits per heavy atom. The molecule has 0 unspecified atom stereocenters. The number of aromatic nitrogens is 4. The lowest BCUT2D eigenvalue weighted by Gasteiger charge is -2.34. The Balaban J connectivity index is 1.72. The van der Waals surface area contributed by atoms with E-state index in [1.54, 1.807) is 11.9 Å². The Morgan fingerprint density at radius 1 is 1.14 bits per heavy atom. The van der Waals surface area contributed by atoms with Crippen LogP contribution in [0.1, 0.15) is 0 Å². The molecule has 0 spiro atoms. The summed E-state index contributed by atoms with van der Waals surface area (Å²) in [6.07, 6.45) is 2.65. The third kappa shape index (κ3) is 4.02. The Hall–Kier alpha value is -2.47. The first-order valence-electron chi connectivity index (χ1n) is 8.87. The van der Waals surface area contributed by atoms with E-state index in [0.717, 1.165) is 4.57 Å². The highest BCUT2D eigenvalue weighted by Gasteiger charge is 2.24. The van der Waals surface area contributed by atoms with Gasteiger partial charge in [-0.15, -0.1) is 0 Å². The number of aryl methyl sites for hydroxylation is 2. The number of sulfone groups is 1. The van der Waals surface area contributed by atoms with Crippen molar-refractivity contribution in [2.24, 2.45) is 14.1 Å². The third-order valence-corrected chi connectivity index (χ3v) is 5.92. The van der Waals surface area contributed by atoms with Gasteiger partial charge in [-0.3, -0.25) is 19.1 Å². The van der Waals surface area contributed by atoms with E-state index in [1.807, 2.05) is 4.90 Å². The minimum absolute atomic E-state index is 0.0805. The number of imidazole rings is 1. The summed E-state index contributed by atoms with van der Waals surface area (Å²) in [5.74, 6) is -0.236. The van der Waals surface area contributed by atoms with Gasteiger partial charge in [0.05, 0.1) is 12.1 Å². The fraction of sp³-hybridized carbons (Fsp3) is 0.625. The van der Waals surface area contributed by atoms with Crippen LogP contribution in [0, 0.1) is 0 Å². The van der Waals surface area contributed by atoms with Crippen LogP contribution in [0.15, 0.2) is 15.9 Å². The highest BCUT2D eigenvalue weighted by atomic mass is 32.2. The summed E-state index contributed by atoms with van der Waals surface area (Å²) in [5.41, 5.74) is -0.587. The van der Waals surface area contributed by atoms with Gasteiger partial charge in [-0.05, 0) is 0 Å². The molecule has 0 N–H and O–H groups in total. The number of piperazine rings is 1. The lowest BCUT2D eigenvalue weighted by atomic mass is 10.3. The van der Waals surface area contributed by atoms with Crippen LogP contribution in [-0.2, 0) is 35.3 Å². The lowest BCUT2D eigenvalue weighted by Crippen LogP contribution is -2.52. The minimum Gasteiger partial charge on any atom is -0.339 e. The lowest BCUT2D eigenvalue weighted by molar-refractivity contribution is -0.133. The predicted octanol–water partition coefficient (Wildman–Crippen LogP) is -2.38. The second-order valence-corrected chi connectivity index (χ2v) is 9.37. The van der Waals surface area contributed by atoms with Crippen LogP contribution in [0.3, 0.4) is 0 Å². The highest BCUT2D eigenvalue weighted by Crippen LogP contribution is 2.05. The topological polar surface area (TPSA) is 120 Å². The van der Waals surface area contributed by atoms with Crippen molar-refractivity contribution in [3.8, 4) is 0 Å². The number of rotatable bonds is 5. The fourth-order valence-electron chi connectivity index (χ4n) is 3.29. The van der Waals surface area contributed by atoms with Gasteiger partial charge in [0.1, 0.15) is 16.4 Å². The molecule has 1 aliphatic heterocycles. The van der Waals surface area contributed by atoms with Crippen molar-refractivity contribution in [2.75, 3.05) is 44.7 Å². The number of hydrogen-bond acceptors (Lipinski definition) is 7. The highest BCUT2D eigenvalue weighted by molar-refractivity contribution is 7.90. The third-order valence-electron chi connectivity index (χ3n) is 5.00. The summed E-state index contributed by atoms with van der Waals surface area (Å²) in [7, 11) is 0.140. The summed E-state index contributed by atoms with van der Waals surface area (Å²) in [4.78, 5) is 45.5. The standard InChI is InChI=1S/C16H24N6O5S/c1-18-11-17-14-13(18)15(24)22(16(25)19(14)2)10-12(23)21-6-4-20(5-7-21)8-9-28(3,26)27/h11H,4-10H2,1-3H3. The number of fused-ring (bicyclic) bond motifs is 1. The van der Waals surface area contributed by atoms with E-state index in [4.69, 9.17) is 0 Å². The van der Waals surface area contributed by atoms with Crippen LogP contribution >= 0.6 is 0 Å². The maximum absolute atomic E-state index is 12.7. The van der Waals surface area contributed by atoms with Crippen LogP contribution in [0.5, 0.6) is 0 Å². The molecule has 1 amide bonds. The number of hydrogen-bond donors (Lipinski definition) is 0. The zero-order chi connectivity index (χ0) is 20.6. The van der Waals surface area contributed by atoms with Crippen molar-refractivity contribution in [2.45, 2.75) is 6.54 Å². The Morgan fingerprint density at radius 2 is 1.79 bits per heavy atom. The minimum atomic E-state index is -3.03. The Kier molecular flexibility index (Phi) is 5.44. The van der Waals surface area contributed by atoms with Crippen LogP contribution in [0.4, 0.5) is 0 Å². The molecule has 0 radical (unpaired) electrons. The molecule has 0 saturated carbocycles. The van der Waals surface area contributed by atoms with Gasteiger partial charge in [0.25, 0.3) is 5.56 Å². The second kappa shape index (κ2) is 7.51. The molecule has 3 heterocycles. The number of nitrogens with zero attached hydrogens (tertiary/aromatic N) is 6. The Bertz CT molecular complexity index is 1120. The van der Waals surface area contributed by atoms with Crippen molar-refractivity contribution in [3.05, 3.63) is 27.2 Å². The Labute approximate surface area is 161 Å². The van der Waals surface area contributed by atoms with Crippen LogP contribution < -0.4 is 11.2 Å². The van der Waals surface area contributed by atoms with Gasteiger partial charge < -0.3 is 9.47 Å². The number of amides is 1. The van der Waals surface area contributed by atoms with Gasteiger partial charge in [0, 0.05) is 53.1 Å². The molecule has 3 rings (SSSR count). The van der Waals surface area contributed by atoms with Gasteiger partial charge in [0.2, 0.25) is 5.91 Å².